The molecule has 1 saturated heterocycles. The Balaban J connectivity index is 1.70. The summed E-state index contributed by atoms with van der Waals surface area (Å²) in [7, 11) is 1.87. The molecule has 1 aliphatic heterocycles. The first-order valence-electron chi connectivity index (χ1n) is 8.55. The van der Waals surface area contributed by atoms with E-state index in [0.717, 1.165) is 5.56 Å². The smallest absolute Gasteiger partial charge is 0.255 e. The second-order valence-corrected chi connectivity index (χ2v) is 6.92. The molecule has 0 aliphatic carbocycles. The number of carbonyl (C=O) groups excluding carboxylic acids is 1. The van der Waals surface area contributed by atoms with Crippen LogP contribution in [0.4, 0.5) is 4.39 Å². The van der Waals surface area contributed by atoms with Crippen LogP contribution in [-0.4, -0.2) is 44.6 Å². The van der Waals surface area contributed by atoms with Crippen molar-refractivity contribution in [2.24, 2.45) is 7.05 Å². The van der Waals surface area contributed by atoms with Crippen LogP contribution in [0.1, 0.15) is 23.2 Å². The molecule has 2 aromatic heterocycles. The van der Waals surface area contributed by atoms with Crippen molar-refractivity contribution in [3.8, 4) is 11.4 Å². The normalized spacial score (nSPS) is 15.6. The quantitative estimate of drug-likeness (QED) is 0.686. The van der Waals surface area contributed by atoms with Crippen molar-refractivity contribution in [1.82, 2.24) is 19.4 Å². The summed E-state index contributed by atoms with van der Waals surface area (Å²) in [6.45, 7) is 0.871. The van der Waals surface area contributed by atoms with E-state index < -0.39 is 6.17 Å². The van der Waals surface area contributed by atoms with Gasteiger partial charge in [0.1, 0.15) is 17.5 Å². The highest BCUT2D eigenvalue weighted by Crippen LogP contribution is 2.29. The van der Waals surface area contributed by atoms with Gasteiger partial charge in [-0.1, -0.05) is 23.7 Å². The number of imidazole rings is 1. The molecular weight excluding hydrogens is 355 g/mol. The predicted octanol–water partition coefficient (Wildman–Crippen LogP) is 3.86. The molecule has 0 saturated carbocycles. The largest absolute Gasteiger partial charge is 0.338 e. The number of fused-ring (bicyclic) bond motifs is 1. The first-order valence-corrected chi connectivity index (χ1v) is 8.93. The fourth-order valence-electron chi connectivity index (χ4n) is 3.31. The molecule has 5 nitrogen and oxygen atoms in total. The number of aromatic nitrogens is 3. The van der Waals surface area contributed by atoms with Crippen LogP contribution in [0.2, 0.25) is 5.02 Å². The molecule has 3 aromatic rings. The number of benzene rings is 1. The first-order chi connectivity index (χ1) is 12.5. The summed E-state index contributed by atoms with van der Waals surface area (Å²) in [5.74, 6) is 0.567. The highest BCUT2D eigenvalue weighted by Gasteiger charge is 2.24. The zero-order valence-electron chi connectivity index (χ0n) is 14.3. The minimum atomic E-state index is -0.811. The predicted molar refractivity (Wildman–Crippen MR) is 99.0 cm³/mol. The summed E-state index contributed by atoms with van der Waals surface area (Å²) in [5.41, 5.74) is 2.60. The number of halogens is 2. The van der Waals surface area contributed by atoms with E-state index in [1.165, 1.54) is 0 Å². The Morgan fingerprint density at radius 1 is 1.27 bits per heavy atom. The average molecular weight is 373 g/mol. The maximum absolute atomic E-state index is 13.3. The SMILES string of the molecule is Cn1c(-c2ccccc2Cl)nc2cc(C(=O)N3CCC(F)CC3)cnc21. The number of likely N-dealkylation sites (tertiary alicyclic amines) is 1. The summed E-state index contributed by atoms with van der Waals surface area (Å²) in [6, 6.07) is 9.22. The number of aryl methyl sites for hydroxylation is 1. The van der Waals surface area contributed by atoms with Crippen molar-refractivity contribution in [1.29, 1.82) is 0 Å². The van der Waals surface area contributed by atoms with Crippen molar-refractivity contribution < 1.29 is 9.18 Å². The highest BCUT2D eigenvalue weighted by atomic mass is 35.5. The van der Waals surface area contributed by atoms with Gasteiger partial charge in [0, 0.05) is 31.9 Å². The standard InChI is InChI=1S/C19H18ClFN4O/c1-24-17(14-4-2-3-5-15(14)20)23-16-10-12(11-22-18(16)24)19(26)25-8-6-13(21)7-9-25/h2-5,10-11,13H,6-9H2,1H3. The summed E-state index contributed by atoms with van der Waals surface area (Å²) in [6.07, 6.45) is 1.53. The fraction of sp³-hybridized carbons (Fsp3) is 0.316. The number of nitrogens with zero attached hydrogens (tertiary/aromatic N) is 4. The zero-order valence-corrected chi connectivity index (χ0v) is 15.1. The van der Waals surface area contributed by atoms with Gasteiger partial charge >= 0.3 is 0 Å². The summed E-state index contributed by atoms with van der Waals surface area (Å²) in [5, 5.41) is 0.608. The van der Waals surface area contributed by atoms with Gasteiger partial charge in [-0.2, -0.15) is 0 Å². The van der Waals surface area contributed by atoms with Crippen molar-refractivity contribution in [2.75, 3.05) is 13.1 Å². The maximum Gasteiger partial charge on any atom is 0.255 e. The van der Waals surface area contributed by atoms with Gasteiger partial charge in [-0.15, -0.1) is 0 Å². The maximum atomic E-state index is 13.3. The Morgan fingerprint density at radius 2 is 2.00 bits per heavy atom. The lowest BCUT2D eigenvalue weighted by atomic mass is 10.1. The number of hydrogen-bond donors (Lipinski definition) is 0. The van der Waals surface area contributed by atoms with Gasteiger partial charge < -0.3 is 9.47 Å². The van der Waals surface area contributed by atoms with Gasteiger partial charge in [0.25, 0.3) is 5.91 Å². The van der Waals surface area contributed by atoms with E-state index in [4.69, 9.17) is 11.6 Å². The number of alkyl halides is 1. The Morgan fingerprint density at radius 3 is 2.73 bits per heavy atom. The molecule has 4 rings (SSSR count). The third-order valence-electron chi connectivity index (χ3n) is 4.78. The molecule has 1 amide bonds. The minimum Gasteiger partial charge on any atom is -0.338 e. The topological polar surface area (TPSA) is 51.0 Å². The Kier molecular flexibility index (Phi) is 4.36. The molecular formula is C19H18ClFN4O. The molecule has 0 spiro atoms. The second-order valence-electron chi connectivity index (χ2n) is 6.51. The van der Waals surface area contributed by atoms with E-state index >= 15 is 0 Å². The highest BCUT2D eigenvalue weighted by molar-refractivity contribution is 6.33. The monoisotopic (exact) mass is 372 g/mol. The summed E-state index contributed by atoms with van der Waals surface area (Å²) in [4.78, 5) is 23.4. The molecule has 7 heteroatoms. The molecule has 134 valence electrons. The first kappa shape index (κ1) is 17.0. The van der Waals surface area contributed by atoms with Crippen LogP contribution < -0.4 is 0 Å². The number of pyridine rings is 1. The Bertz CT molecular complexity index is 979. The number of hydrogen-bond acceptors (Lipinski definition) is 3. The Hall–Kier alpha value is -2.47. The lowest BCUT2D eigenvalue weighted by Crippen LogP contribution is -2.39. The van der Waals surface area contributed by atoms with E-state index in [2.05, 4.69) is 9.97 Å². The van der Waals surface area contributed by atoms with Crippen LogP contribution in [0, 0.1) is 0 Å². The van der Waals surface area contributed by atoms with E-state index in [0.29, 0.717) is 53.5 Å². The lowest BCUT2D eigenvalue weighted by molar-refractivity contribution is 0.0666. The van der Waals surface area contributed by atoms with Gasteiger partial charge in [0.05, 0.1) is 10.6 Å². The molecule has 1 fully saturated rings. The van der Waals surface area contributed by atoms with Gasteiger partial charge in [-0.3, -0.25) is 4.79 Å². The van der Waals surface area contributed by atoms with Crippen LogP contribution >= 0.6 is 11.6 Å². The van der Waals surface area contributed by atoms with Gasteiger partial charge in [-0.25, -0.2) is 14.4 Å². The molecule has 0 bridgehead atoms. The van der Waals surface area contributed by atoms with Crippen LogP contribution in [-0.2, 0) is 7.05 Å². The van der Waals surface area contributed by atoms with Crippen LogP contribution in [0.25, 0.3) is 22.6 Å². The van der Waals surface area contributed by atoms with Gasteiger partial charge in [0.15, 0.2) is 5.65 Å². The van der Waals surface area contributed by atoms with Crippen LogP contribution in [0.3, 0.4) is 0 Å². The molecule has 0 radical (unpaired) electrons. The lowest BCUT2D eigenvalue weighted by Gasteiger charge is -2.28. The zero-order chi connectivity index (χ0) is 18.3. The number of amides is 1. The van der Waals surface area contributed by atoms with Crippen molar-refractivity contribution in [3.63, 3.8) is 0 Å². The molecule has 26 heavy (non-hydrogen) atoms. The van der Waals surface area contributed by atoms with Crippen LogP contribution in [0.15, 0.2) is 36.5 Å². The van der Waals surface area contributed by atoms with Crippen LogP contribution in [0.5, 0.6) is 0 Å². The minimum absolute atomic E-state index is 0.128. The number of piperidine rings is 1. The molecule has 0 atom stereocenters. The second kappa shape index (κ2) is 6.68. The van der Waals surface area contributed by atoms with Crippen molar-refractivity contribution >= 4 is 28.7 Å². The molecule has 0 unspecified atom stereocenters. The molecule has 3 heterocycles. The summed E-state index contributed by atoms with van der Waals surface area (Å²) >= 11 is 6.29. The van der Waals surface area contributed by atoms with E-state index in [1.54, 1.807) is 17.2 Å². The van der Waals surface area contributed by atoms with E-state index in [1.807, 2.05) is 35.9 Å². The third-order valence-corrected chi connectivity index (χ3v) is 5.11. The van der Waals surface area contributed by atoms with E-state index in [9.17, 15) is 9.18 Å². The fourth-order valence-corrected chi connectivity index (χ4v) is 3.53. The number of rotatable bonds is 2. The average Bonchev–Trinajstić information content (AvgIpc) is 2.98. The third kappa shape index (κ3) is 2.94. The van der Waals surface area contributed by atoms with Gasteiger partial charge in [0.2, 0.25) is 0 Å². The Labute approximate surface area is 155 Å². The summed E-state index contributed by atoms with van der Waals surface area (Å²) < 4.78 is 15.2. The molecule has 0 N–H and O–H groups in total. The van der Waals surface area contributed by atoms with Crippen molar-refractivity contribution in [3.05, 3.63) is 47.1 Å². The van der Waals surface area contributed by atoms with Gasteiger partial charge in [-0.05, 0) is 31.0 Å². The number of carbonyl (C=O) groups is 1. The molecule has 1 aromatic carbocycles. The van der Waals surface area contributed by atoms with Crippen molar-refractivity contribution in [2.45, 2.75) is 19.0 Å². The van der Waals surface area contributed by atoms with E-state index in [-0.39, 0.29) is 5.91 Å². The molecule has 1 aliphatic rings.